The van der Waals surface area contributed by atoms with E-state index in [0.717, 1.165) is 0 Å². The highest BCUT2D eigenvalue weighted by Crippen LogP contribution is 2.14. The molecule has 102 valence electrons. The molecule has 1 aliphatic heterocycles. The van der Waals surface area contributed by atoms with Crippen LogP contribution in [0.5, 0.6) is 0 Å². The van der Waals surface area contributed by atoms with Gasteiger partial charge >= 0.3 is 5.97 Å². The molecule has 1 unspecified atom stereocenters. The fraction of sp³-hybridized carbons (Fsp3) is 0.462. The largest absolute Gasteiger partial charge is 0.478 e. The van der Waals surface area contributed by atoms with E-state index in [-0.39, 0.29) is 23.1 Å². The van der Waals surface area contributed by atoms with Crippen LogP contribution in [0.4, 0.5) is 0 Å². The molecule has 1 saturated heterocycles. The predicted molar refractivity (Wildman–Crippen MR) is 68.3 cm³/mol. The molecule has 2 rings (SSSR count). The summed E-state index contributed by atoms with van der Waals surface area (Å²) in [4.78, 5) is 34.3. The van der Waals surface area contributed by atoms with Crippen LogP contribution in [0.25, 0.3) is 0 Å². The van der Waals surface area contributed by atoms with Gasteiger partial charge in [-0.15, -0.1) is 0 Å². The monoisotopic (exact) mass is 264 g/mol. The van der Waals surface area contributed by atoms with Crippen molar-refractivity contribution in [2.45, 2.75) is 39.3 Å². The zero-order chi connectivity index (χ0) is 14.2. The molecule has 6 heteroatoms. The van der Waals surface area contributed by atoms with Crippen LogP contribution in [0, 0.1) is 13.8 Å². The number of hydrogen-bond donors (Lipinski definition) is 2. The lowest BCUT2D eigenvalue weighted by atomic mass is 10.1. The van der Waals surface area contributed by atoms with E-state index in [4.69, 9.17) is 0 Å². The summed E-state index contributed by atoms with van der Waals surface area (Å²) in [5.74, 6) is -1.07. The third-order valence-electron chi connectivity index (χ3n) is 3.47. The molecular weight excluding hydrogens is 248 g/mol. The van der Waals surface area contributed by atoms with Crippen LogP contribution in [0.2, 0.25) is 0 Å². The number of rotatable bonds is 3. The minimum absolute atomic E-state index is 0.0266. The van der Waals surface area contributed by atoms with E-state index >= 15 is 0 Å². The summed E-state index contributed by atoms with van der Waals surface area (Å²) >= 11 is 0. The topological polar surface area (TPSA) is 88.4 Å². The maximum atomic E-state index is 12.0. The zero-order valence-electron chi connectivity index (χ0n) is 10.9. The third kappa shape index (κ3) is 2.52. The summed E-state index contributed by atoms with van der Waals surface area (Å²) in [6.45, 7) is 3.55. The molecule has 1 fully saturated rings. The molecule has 1 amide bonds. The second kappa shape index (κ2) is 4.87. The van der Waals surface area contributed by atoms with Gasteiger partial charge in [0.15, 0.2) is 0 Å². The molecule has 0 aromatic carbocycles. The van der Waals surface area contributed by atoms with Crippen molar-refractivity contribution in [1.82, 2.24) is 9.88 Å². The van der Waals surface area contributed by atoms with Crippen LogP contribution >= 0.6 is 0 Å². The van der Waals surface area contributed by atoms with Crippen molar-refractivity contribution in [3.05, 3.63) is 33.2 Å². The number of carboxylic acids is 1. The van der Waals surface area contributed by atoms with Gasteiger partial charge in [-0.1, -0.05) is 0 Å². The first-order valence-corrected chi connectivity index (χ1v) is 6.14. The van der Waals surface area contributed by atoms with Gasteiger partial charge in [0.1, 0.15) is 0 Å². The molecule has 19 heavy (non-hydrogen) atoms. The van der Waals surface area contributed by atoms with Crippen LogP contribution in [0.1, 0.15) is 34.5 Å². The highest BCUT2D eigenvalue weighted by atomic mass is 16.4. The fourth-order valence-electron chi connectivity index (χ4n) is 2.51. The molecule has 6 nitrogen and oxygen atoms in total. The number of aromatic carboxylic acids is 1. The number of amides is 1. The third-order valence-corrected chi connectivity index (χ3v) is 3.47. The number of carbonyl (C=O) groups is 2. The van der Waals surface area contributed by atoms with Gasteiger partial charge in [0.2, 0.25) is 5.91 Å². The van der Waals surface area contributed by atoms with E-state index in [0.29, 0.717) is 30.6 Å². The maximum absolute atomic E-state index is 12.0. The van der Waals surface area contributed by atoms with Crippen LogP contribution in [0.3, 0.4) is 0 Å². The minimum Gasteiger partial charge on any atom is -0.478 e. The first kappa shape index (κ1) is 13.3. The molecule has 1 aliphatic rings. The lowest BCUT2D eigenvalue weighted by Gasteiger charge is -2.17. The van der Waals surface area contributed by atoms with Crippen LogP contribution in [0.15, 0.2) is 10.9 Å². The number of aromatic nitrogens is 1. The lowest BCUT2D eigenvalue weighted by molar-refractivity contribution is -0.119. The number of nitrogens with one attached hydrogen (secondary N) is 1. The first-order valence-electron chi connectivity index (χ1n) is 6.14. The standard InChI is InChI=1S/C13H16N2O4/c1-7-5-11(17)15(8(2)12(7)13(18)19)6-9-3-4-10(16)14-9/h5,9H,3-4,6H2,1-2H3,(H,14,16)(H,18,19). The Labute approximate surface area is 110 Å². The highest BCUT2D eigenvalue weighted by Gasteiger charge is 2.23. The van der Waals surface area contributed by atoms with Crippen molar-refractivity contribution in [2.24, 2.45) is 0 Å². The molecule has 0 saturated carbocycles. The number of nitrogens with zero attached hydrogens (tertiary/aromatic N) is 1. The highest BCUT2D eigenvalue weighted by molar-refractivity contribution is 5.90. The van der Waals surface area contributed by atoms with Gasteiger partial charge in [0, 0.05) is 30.8 Å². The molecule has 1 atom stereocenters. The summed E-state index contributed by atoms with van der Waals surface area (Å²) in [5.41, 5.74) is 0.811. The summed E-state index contributed by atoms with van der Waals surface area (Å²) in [7, 11) is 0. The quantitative estimate of drug-likeness (QED) is 0.829. The van der Waals surface area contributed by atoms with Crippen molar-refractivity contribution in [3.63, 3.8) is 0 Å². The second-order valence-electron chi connectivity index (χ2n) is 4.84. The molecular formula is C13H16N2O4. The Bertz CT molecular complexity index is 603. The Hall–Kier alpha value is -2.11. The summed E-state index contributed by atoms with van der Waals surface area (Å²) in [6, 6.07) is 1.22. The lowest BCUT2D eigenvalue weighted by Crippen LogP contribution is -2.35. The smallest absolute Gasteiger partial charge is 0.337 e. The van der Waals surface area contributed by atoms with E-state index in [1.807, 2.05) is 0 Å². The van der Waals surface area contributed by atoms with E-state index in [9.17, 15) is 19.5 Å². The second-order valence-corrected chi connectivity index (χ2v) is 4.84. The van der Waals surface area contributed by atoms with E-state index < -0.39 is 5.97 Å². The van der Waals surface area contributed by atoms with Crippen molar-refractivity contribution < 1.29 is 14.7 Å². The van der Waals surface area contributed by atoms with Crippen LogP contribution in [-0.2, 0) is 11.3 Å². The van der Waals surface area contributed by atoms with Crippen molar-refractivity contribution >= 4 is 11.9 Å². The SMILES string of the molecule is Cc1cc(=O)n(CC2CCC(=O)N2)c(C)c1C(=O)O. The fourth-order valence-corrected chi connectivity index (χ4v) is 2.51. The van der Waals surface area contributed by atoms with Gasteiger partial charge in [-0.05, 0) is 25.8 Å². The van der Waals surface area contributed by atoms with E-state index in [2.05, 4.69) is 5.32 Å². The minimum atomic E-state index is -1.04. The van der Waals surface area contributed by atoms with Crippen molar-refractivity contribution in [3.8, 4) is 0 Å². The molecule has 1 aromatic heterocycles. The molecule has 0 bridgehead atoms. The van der Waals surface area contributed by atoms with Crippen LogP contribution < -0.4 is 10.9 Å². The summed E-state index contributed by atoms with van der Waals surface area (Å²) in [6.07, 6.45) is 1.12. The number of pyridine rings is 1. The predicted octanol–water partition coefficient (Wildman–Crippen LogP) is 0.442. The Morgan fingerprint density at radius 1 is 1.47 bits per heavy atom. The zero-order valence-corrected chi connectivity index (χ0v) is 10.9. The number of aryl methyl sites for hydroxylation is 1. The molecule has 0 aliphatic carbocycles. The normalized spacial score (nSPS) is 18.4. The molecule has 1 aromatic rings. The molecule has 2 N–H and O–H groups in total. The van der Waals surface area contributed by atoms with Crippen LogP contribution in [-0.4, -0.2) is 27.6 Å². The Kier molecular flexibility index (Phi) is 3.42. The van der Waals surface area contributed by atoms with Gasteiger partial charge in [-0.2, -0.15) is 0 Å². The summed E-state index contributed by atoms with van der Waals surface area (Å²) < 4.78 is 1.42. The number of hydrogen-bond acceptors (Lipinski definition) is 3. The maximum Gasteiger partial charge on any atom is 0.337 e. The Balaban J connectivity index is 2.40. The molecule has 2 heterocycles. The number of carboxylic acid groups (broad SMARTS) is 1. The van der Waals surface area contributed by atoms with E-state index in [1.54, 1.807) is 13.8 Å². The average molecular weight is 264 g/mol. The van der Waals surface area contributed by atoms with Gasteiger partial charge in [-0.3, -0.25) is 9.59 Å². The van der Waals surface area contributed by atoms with Crippen molar-refractivity contribution in [1.29, 1.82) is 0 Å². The van der Waals surface area contributed by atoms with Crippen molar-refractivity contribution in [2.75, 3.05) is 0 Å². The van der Waals surface area contributed by atoms with E-state index in [1.165, 1.54) is 10.6 Å². The van der Waals surface area contributed by atoms with Gasteiger partial charge in [0.05, 0.1) is 5.56 Å². The number of carbonyl (C=O) groups excluding carboxylic acids is 1. The average Bonchev–Trinajstić information content (AvgIpc) is 2.69. The molecule has 0 radical (unpaired) electrons. The Morgan fingerprint density at radius 3 is 2.68 bits per heavy atom. The Morgan fingerprint density at radius 2 is 2.16 bits per heavy atom. The van der Waals surface area contributed by atoms with Gasteiger partial charge in [0.25, 0.3) is 5.56 Å². The van der Waals surface area contributed by atoms with Gasteiger partial charge < -0.3 is 15.0 Å². The van der Waals surface area contributed by atoms with Gasteiger partial charge in [-0.25, -0.2) is 4.79 Å². The first-order chi connectivity index (χ1) is 8.90. The molecule has 0 spiro atoms. The summed E-state index contributed by atoms with van der Waals surface area (Å²) in [5, 5.41) is 12.0.